The Labute approximate surface area is 172 Å². The van der Waals surface area contributed by atoms with Crippen LogP contribution >= 0.6 is 0 Å². The Bertz CT molecular complexity index is 776. The Hall–Kier alpha value is -2.90. The maximum Gasteiger partial charge on any atom is 0.225 e. The predicted octanol–water partition coefficient (Wildman–Crippen LogP) is 2.23. The van der Waals surface area contributed by atoms with Gasteiger partial charge in [-0.2, -0.15) is 0 Å². The monoisotopic (exact) mass is 399 g/mol. The molecule has 0 amide bonds. The molecule has 1 saturated heterocycles. The molecule has 8 heteroatoms. The fourth-order valence-electron chi connectivity index (χ4n) is 3.33. The first-order valence-corrected chi connectivity index (χ1v) is 10.2. The Kier molecular flexibility index (Phi) is 7.61. The second kappa shape index (κ2) is 10.6. The Balaban J connectivity index is 1.48. The van der Waals surface area contributed by atoms with Crippen molar-refractivity contribution < 1.29 is 4.39 Å². The molecule has 0 aliphatic carbocycles. The van der Waals surface area contributed by atoms with Crippen molar-refractivity contribution in [1.29, 1.82) is 0 Å². The van der Waals surface area contributed by atoms with Crippen LogP contribution in [0.1, 0.15) is 13.3 Å². The topological polar surface area (TPSA) is 59.9 Å². The first-order chi connectivity index (χ1) is 14.2. The molecule has 2 aromatic rings. The van der Waals surface area contributed by atoms with Gasteiger partial charge in [-0.15, -0.1) is 0 Å². The second-order valence-electron chi connectivity index (χ2n) is 7.01. The molecule has 29 heavy (non-hydrogen) atoms. The van der Waals surface area contributed by atoms with E-state index in [0.29, 0.717) is 0 Å². The van der Waals surface area contributed by atoms with E-state index in [9.17, 15) is 4.39 Å². The number of benzene rings is 1. The molecule has 156 valence electrons. The number of halogens is 1. The van der Waals surface area contributed by atoms with Crippen molar-refractivity contribution in [1.82, 2.24) is 20.2 Å². The van der Waals surface area contributed by atoms with Crippen LogP contribution in [-0.2, 0) is 0 Å². The first-order valence-electron chi connectivity index (χ1n) is 10.2. The average molecular weight is 400 g/mol. The lowest BCUT2D eigenvalue weighted by atomic mass is 10.2. The lowest BCUT2D eigenvalue weighted by Gasteiger charge is -2.36. The summed E-state index contributed by atoms with van der Waals surface area (Å²) in [6.07, 6.45) is 4.46. The van der Waals surface area contributed by atoms with Crippen LogP contribution in [0.15, 0.2) is 47.7 Å². The Morgan fingerprint density at radius 3 is 2.62 bits per heavy atom. The highest BCUT2D eigenvalue weighted by Crippen LogP contribution is 2.14. The van der Waals surface area contributed by atoms with Gasteiger partial charge in [0.2, 0.25) is 5.95 Å². The van der Waals surface area contributed by atoms with Crippen LogP contribution in [0.3, 0.4) is 0 Å². The maximum absolute atomic E-state index is 13.4. The van der Waals surface area contributed by atoms with Gasteiger partial charge < -0.3 is 20.0 Å². The molecule has 1 aromatic heterocycles. The lowest BCUT2D eigenvalue weighted by Crippen LogP contribution is -2.53. The van der Waals surface area contributed by atoms with Crippen molar-refractivity contribution in [3.63, 3.8) is 0 Å². The third-order valence-corrected chi connectivity index (χ3v) is 4.91. The molecule has 0 saturated carbocycles. The number of aromatic nitrogens is 2. The molecule has 3 rings (SSSR count). The molecule has 1 N–H and O–H groups in total. The predicted molar refractivity (Wildman–Crippen MR) is 116 cm³/mol. The van der Waals surface area contributed by atoms with Gasteiger partial charge in [-0.3, -0.25) is 4.99 Å². The molecule has 2 heterocycles. The van der Waals surface area contributed by atoms with Crippen LogP contribution < -0.4 is 15.1 Å². The Morgan fingerprint density at radius 1 is 1.17 bits per heavy atom. The van der Waals surface area contributed by atoms with E-state index in [-0.39, 0.29) is 5.82 Å². The fourth-order valence-corrected chi connectivity index (χ4v) is 3.33. The van der Waals surface area contributed by atoms with Gasteiger partial charge in [0.15, 0.2) is 5.96 Å². The van der Waals surface area contributed by atoms with E-state index in [1.165, 1.54) is 6.07 Å². The van der Waals surface area contributed by atoms with Gasteiger partial charge in [-0.25, -0.2) is 14.4 Å². The molecule has 1 aliphatic heterocycles. The molecule has 0 atom stereocenters. The summed E-state index contributed by atoms with van der Waals surface area (Å²) in [5, 5.41) is 3.40. The number of hydrogen-bond donors (Lipinski definition) is 1. The lowest BCUT2D eigenvalue weighted by molar-refractivity contribution is 0.370. The number of guanidine groups is 1. The van der Waals surface area contributed by atoms with Gasteiger partial charge in [-0.05, 0) is 37.6 Å². The zero-order valence-electron chi connectivity index (χ0n) is 17.3. The zero-order chi connectivity index (χ0) is 20.5. The number of nitrogens with zero attached hydrogens (tertiary/aromatic N) is 6. The van der Waals surface area contributed by atoms with E-state index in [1.54, 1.807) is 24.5 Å². The highest BCUT2D eigenvalue weighted by Gasteiger charge is 2.20. The van der Waals surface area contributed by atoms with E-state index in [2.05, 4.69) is 36.9 Å². The van der Waals surface area contributed by atoms with Crippen molar-refractivity contribution in [2.75, 3.05) is 62.7 Å². The van der Waals surface area contributed by atoms with Crippen LogP contribution in [0.5, 0.6) is 0 Å². The van der Waals surface area contributed by atoms with Crippen LogP contribution in [-0.4, -0.2) is 73.7 Å². The summed E-state index contributed by atoms with van der Waals surface area (Å²) in [6.45, 7) is 7.98. The molecular weight excluding hydrogens is 369 g/mol. The summed E-state index contributed by atoms with van der Waals surface area (Å²) in [5.41, 5.74) is 0.889. The summed E-state index contributed by atoms with van der Waals surface area (Å²) in [6, 6.07) is 8.52. The standard InChI is InChI=1S/C21H30FN7/c1-3-23-20(26-11-6-12-27(2)19-8-4-7-18(22)17-19)28-13-15-29(16-14-28)21-24-9-5-10-25-21/h4-5,7-10,17H,3,6,11-16H2,1-2H3,(H,23,26). The number of piperazine rings is 1. The smallest absolute Gasteiger partial charge is 0.225 e. The van der Waals surface area contributed by atoms with E-state index in [0.717, 1.165) is 69.8 Å². The second-order valence-corrected chi connectivity index (χ2v) is 7.01. The average Bonchev–Trinajstić information content (AvgIpc) is 2.76. The zero-order valence-corrected chi connectivity index (χ0v) is 17.3. The third kappa shape index (κ3) is 6.04. The number of anilines is 2. The Morgan fingerprint density at radius 2 is 1.93 bits per heavy atom. The number of aliphatic imine (C=N–C) groups is 1. The maximum atomic E-state index is 13.4. The normalized spacial score (nSPS) is 14.8. The van der Waals surface area contributed by atoms with Gasteiger partial charge in [0.25, 0.3) is 0 Å². The molecule has 0 unspecified atom stereocenters. The van der Waals surface area contributed by atoms with Gasteiger partial charge in [0.05, 0.1) is 0 Å². The highest BCUT2D eigenvalue weighted by molar-refractivity contribution is 5.80. The summed E-state index contributed by atoms with van der Waals surface area (Å²) in [7, 11) is 1.98. The molecule has 0 radical (unpaired) electrons. The quantitative estimate of drug-likeness (QED) is 0.438. The van der Waals surface area contributed by atoms with Gasteiger partial charge in [0, 0.05) is 70.9 Å². The highest BCUT2D eigenvalue weighted by atomic mass is 19.1. The number of nitrogens with one attached hydrogen (secondary N) is 1. The van der Waals surface area contributed by atoms with Gasteiger partial charge in [0.1, 0.15) is 5.82 Å². The van der Waals surface area contributed by atoms with Crippen molar-refractivity contribution in [3.8, 4) is 0 Å². The van der Waals surface area contributed by atoms with Gasteiger partial charge in [-0.1, -0.05) is 6.07 Å². The van der Waals surface area contributed by atoms with Crippen LogP contribution in [0.2, 0.25) is 0 Å². The van der Waals surface area contributed by atoms with Gasteiger partial charge >= 0.3 is 0 Å². The summed E-state index contributed by atoms with van der Waals surface area (Å²) < 4.78 is 13.4. The minimum atomic E-state index is -0.207. The largest absolute Gasteiger partial charge is 0.374 e. The van der Waals surface area contributed by atoms with Crippen molar-refractivity contribution in [2.24, 2.45) is 4.99 Å². The molecule has 1 aliphatic rings. The molecule has 7 nitrogen and oxygen atoms in total. The molecule has 1 fully saturated rings. The van der Waals surface area contributed by atoms with Crippen molar-refractivity contribution in [3.05, 3.63) is 48.5 Å². The fraction of sp³-hybridized carbons (Fsp3) is 0.476. The van der Waals surface area contributed by atoms with E-state index in [4.69, 9.17) is 4.99 Å². The molecule has 1 aromatic carbocycles. The van der Waals surface area contributed by atoms with E-state index in [1.807, 2.05) is 19.2 Å². The van der Waals surface area contributed by atoms with Crippen molar-refractivity contribution >= 4 is 17.6 Å². The first kappa shape index (κ1) is 20.8. The molecular formula is C21H30FN7. The van der Waals surface area contributed by atoms with E-state index >= 15 is 0 Å². The SMILES string of the molecule is CCNC(=NCCCN(C)c1cccc(F)c1)N1CCN(c2ncccn2)CC1. The summed E-state index contributed by atoms with van der Waals surface area (Å²) >= 11 is 0. The van der Waals surface area contributed by atoms with E-state index < -0.39 is 0 Å². The van der Waals surface area contributed by atoms with Crippen LogP contribution in [0, 0.1) is 5.82 Å². The van der Waals surface area contributed by atoms with Crippen molar-refractivity contribution in [2.45, 2.75) is 13.3 Å². The summed E-state index contributed by atoms with van der Waals surface area (Å²) in [4.78, 5) is 20.0. The minimum absolute atomic E-state index is 0.207. The summed E-state index contributed by atoms with van der Waals surface area (Å²) in [5.74, 6) is 1.53. The third-order valence-electron chi connectivity index (χ3n) is 4.91. The minimum Gasteiger partial charge on any atom is -0.374 e. The number of hydrogen-bond acceptors (Lipinski definition) is 5. The number of rotatable bonds is 7. The van der Waals surface area contributed by atoms with Crippen LogP contribution in [0.25, 0.3) is 0 Å². The van der Waals surface area contributed by atoms with Crippen LogP contribution in [0.4, 0.5) is 16.0 Å². The molecule has 0 spiro atoms. The molecule has 0 bridgehead atoms.